The third-order valence-corrected chi connectivity index (χ3v) is 3.39. The number of rotatable bonds is 2. The van der Waals surface area contributed by atoms with Gasteiger partial charge < -0.3 is 4.74 Å². The van der Waals surface area contributed by atoms with Gasteiger partial charge in [-0.05, 0) is 30.9 Å². The minimum atomic E-state index is 0.551. The van der Waals surface area contributed by atoms with Crippen molar-refractivity contribution in [2.45, 2.75) is 19.3 Å². The lowest BCUT2D eigenvalue weighted by Gasteiger charge is -2.21. The van der Waals surface area contributed by atoms with Gasteiger partial charge in [-0.1, -0.05) is 11.6 Å². The molecule has 0 aromatic carbocycles. The van der Waals surface area contributed by atoms with Crippen molar-refractivity contribution < 1.29 is 4.74 Å². The lowest BCUT2D eigenvalue weighted by atomic mass is 9.98. The molecule has 1 aliphatic rings. The zero-order chi connectivity index (χ0) is 11.7. The van der Waals surface area contributed by atoms with Crippen molar-refractivity contribution in [1.29, 1.82) is 0 Å². The maximum Gasteiger partial charge on any atom is 0.160 e. The van der Waals surface area contributed by atoms with Crippen molar-refractivity contribution >= 4 is 17.2 Å². The summed E-state index contributed by atoms with van der Waals surface area (Å²) in [4.78, 5) is 0. The molecule has 3 rings (SSSR count). The minimum absolute atomic E-state index is 0.551. The number of aromatic nitrogens is 3. The fraction of sp³-hybridized carbons (Fsp3) is 0.500. The minimum Gasteiger partial charge on any atom is -0.381 e. The molecule has 0 aliphatic carbocycles. The van der Waals surface area contributed by atoms with Crippen LogP contribution in [0.15, 0.2) is 18.3 Å². The van der Waals surface area contributed by atoms with Gasteiger partial charge in [0.1, 0.15) is 5.82 Å². The number of ether oxygens (including phenoxy) is 1. The van der Waals surface area contributed by atoms with Gasteiger partial charge in [0.25, 0.3) is 0 Å². The highest BCUT2D eigenvalue weighted by atomic mass is 35.5. The van der Waals surface area contributed by atoms with Crippen molar-refractivity contribution in [3.63, 3.8) is 0 Å². The monoisotopic (exact) mass is 251 g/mol. The molecule has 5 heteroatoms. The molecule has 2 aromatic rings. The van der Waals surface area contributed by atoms with Crippen molar-refractivity contribution in [2.24, 2.45) is 5.92 Å². The van der Waals surface area contributed by atoms with Crippen molar-refractivity contribution in [1.82, 2.24) is 14.6 Å². The van der Waals surface area contributed by atoms with Crippen molar-refractivity contribution in [2.75, 3.05) is 13.2 Å². The molecular weight excluding hydrogens is 238 g/mol. The van der Waals surface area contributed by atoms with Crippen LogP contribution >= 0.6 is 11.6 Å². The van der Waals surface area contributed by atoms with E-state index >= 15 is 0 Å². The maximum atomic E-state index is 5.99. The molecule has 0 bridgehead atoms. The number of pyridine rings is 1. The summed E-state index contributed by atoms with van der Waals surface area (Å²) in [5, 5.41) is 9.07. The Hall–Kier alpha value is -1.13. The van der Waals surface area contributed by atoms with E-state index < -0.39 is 0 Å². The Morgan fingerprint density at radius 1 is 1.41 bits per heavy atom. The molecule has 4 nitrogen and oxygen atoms in total. The summed E-state index contributed by atoms with van der Waals surface area (Å²) in [6, 6.07) is 3.72. The highest BCUT2D eigenvalue weighted by Gasteiger charge is 2.17. The lowest BCUT2D eigenvalue weighted by molar-refractivity contribution is 0.0542. The molecule has 1 fully saturated rings. The summed E-state index contributed by atoms with van der Waals surface area (Å²) in [7, 11) is 0. The molecule has 3 heterocycles. The number of halogens is 1. The number of fused-ring (bicyclic) bond motifs is 1. The zero-order valence-electron chi connectivity index (χ0n) is 9.47. The predicted molar refractivity (Wildman–Crippen MR) is 65.2 cm³/mol. The molecule has 1 unspecified atom stereocenters. The first kappa shape index (κ1) is 11.0. The highest BCUT2D eigenvalue weighted by Crippen LogP contribution is 2.19. The van der Waals surface area contributed by atoms with Crippen LogP contribution in [0.2, 0.25) is 5.02 Å². The number of hydrogen-bond acceptors (Lipinski definition) is 3. The van der Waals surface area contributed by atoms with Crippen LogP contribution in [-0.4, -0.2) is 27.8 Å². The van der Waals surface area contributed by atoms with Crippen LogP contribution in [0.1, 0.15) is 18.7 Å². The molecule has 1 aliphatic heterocycles. The van der Waals surface area contributed by atoms with E-state index in [0.717, 1.165) is 37.5 Å². The maximum absolute atomic E-state index is 5.99. The summed E-state index contributed by atoms with van der Waals surface area (Å²) in [5.41, 5.74) is 0.848. The molecule has 2 aromatic heterocycles. The first-order chi connectivity index (χ1) is 8.33. The molecule has 90 valence electrons. The predicted octanol–water partition coefficient (Wildman–Crippen LogP) is 2.35. The number of nitrogens with zero attached hydrogens (tertiary/aromatic N) is 3. The standard InChI is InChI=1S/C12H14ClN3O/c13-10-3-4-11-14-15-12(16(11)7-10)6-9-2-1-5-17-8-9/h3-4,7,9H,1-2,5-6,8H2. The van der Waals surface area contributed by atoms with Gasteiger partial charge in [-0.25, -0.2) is 0 Å². The zero-order valence-corrected chi connectivity index (χ0v) is 10.2. The fourth-order valence-corrected chi connectivity index (χ4v) is 2.44. The van der Waals surface area contributed by atoms with Gasteiger partial charge in [-0.15, -0.1) is 10.2 Å². The Bertz CT molecular complexity index is 519. The topological polar surface area (TPSA) is 39.4 Å². The Kier molecular flexibility index (Phi) is 2.99. The first-order valence-corrected chi connectivity index (χ1v) is 6.27. The number of hydrogen-bond donors (Lipinski definition) is 0. The van der Waals surface area contributed by atoms with Crippen LogP contribution in [0.5, 0.6) is 0 Å². The van der Waals surface area contributed by atoms with Crippen LogP contribution in [0, 0.1) is 5.92 Å². The SMILES string of the molecule is Clc1ccc2nnc(CC3CCCOC3)n2c1. The highest BCUT2D eigenvalue weighted by molar-refractivity contribution is 6.30. The van der Waals surface area contributed by atoms with Gasteiger partial charge in [0.05, 0.1) is 5.02 Å². The van der Waals surface area contributed by atoms with Crippen LogP contribution in [-0.2, 0) is 11.2 Å². The quantitative estimate of drug-likeness (QED) is 0.823. The van der Waals surface area contributed by atoms with Crippen molar-refractivity contribution in [3.8, 4) is 0 Å². The average Bonchev–Trinajstić information content (AvgIpc) is 2.73. The molecule has 1 atom stereocenters. The Morgan fingerprint density at radius 2 is 2.35 bits per heavy atom. The molecule has 0 radical (unpaired) electrons. The van der Waals surface area contributed by atoms with E-state index in [9.17, 15) is 0 Å². The third-order valence-electron chi connectivity index (χ3n) is 3.16. The second-order valence-corrected chi connectivity index (χ2v) is 4.92. The van der Waals surface area contributed by atoms with Gasteiger partial charge in [0, 0.05) is 25.8 Å². The lowest BCUT2D eigenvalue weighted by Crippen LogP contribution is -2.20. The Balaban J connectivity index is 1.86. The molecule has 0 amide bonds. The van der Waals surface area contributed by atoms with Gasteiger partial charge >= 0.3 is 0 Å². The van der Waals surface area contributed by atoms with Crippen LogP contribution < -0.4 is 0 Å². The van der Waals surface area contributed by atoms with Gasteiger partial charge in [-0.2, -0.15) is 0 Å². The third kappa shape index (κ3) is 2.28. The van der Waals surface area contributed by atoms with E-state index in [1.54, 1.807) is 0 Å². The molecule has 0 N–H and O–H groups in total. The molecule has 0 spiro atoms. The fourth-order valence-electron chi connectivity index (χ4n) is 2.28. The average molecular weight is 252 g/mol. The molecular formula is C12H14ClN3O. The van der Waals surface area contributed by atoms with Gasteiger partial charge in [0.15, 0.2) is 5.65 Å². The summed E-state index contributed by atoms with van der Waals surface area (Å²) in [6.45, 7) is 1.72. The van der Waals surface area contributed by atoms with E-state index in [-0.39, 0.29) is 0 Å². The van der Waals surface area contributed by atoms with Crippen LogP contribution in [0.4, 0.5) is 0 Å². The first-order valence-electron chi connectivity index (χ1n) is 5.90. The van der Waals surface area contributed by atoms with E-state index in [0.29, 0.717) is 10.9 Å². The Labute approximate surface area is 105 Å². The smallest absolute Gasteiger partial charge is 0.160 e. The largest absolute Gasteiger partial charge is 0.381 e. The van der Waals surface area contributed by atoms with Gasteiger partial charge in [0.2, 0.25) is 0 Å². The molecule has 17 heavy (non-hydrogen) atoms. The summed E-state index contributed by atoms with van der Waals surface area (Å²) >= 11 is 5.99. The summed E-state index contributed by atoms with van der Waals surface area (Å²) < 4.78 is 7.45. The second-order valence-electron chi connectivity index (χ2n) is 4.48. The van der Waals surface area contributed by atoms with E-state index in [1.807, 2.05) is 22.7 Å². The second kappa shape index (κ2) is 4.63. The summed E-state index contributed by atoms with van der Waals surface area (Å²) in [5.74, 6) is 1.52. The molecule has 1 saturated heterocycles. The van der Waals surface area contributed by atoms with E-state index in [1.165, 1.54) is 6.42 Å². The van der Waals surface area contributed by atoms with Crippen LogP contribution in [0.3, 0.4) is 0 Å². The van der Waals surface area contributed by atoms with E-state index in [4.69, 9.17) is 16.3 Å². The van der Waals surface area contributed by atoms with Crippen LogP contribution in [0.25, 0.3) is 5.65 Å². The summed E-state index contributed by atoms with van der Waals surface area (Å²) in [6.07, 6.45) is 5.12. The van der Waals surface area contributed by atoms with E-state index in [2.05, 4.69) is 10.2 Å². The molecule has 0 saturated carbocycles. The van der Waals surface area contributed by atoms with Crippen molar-refractivity contribution in [3.05, 3.63) is 29.2 Å². The normalized spacial score (nSPS) is 20.9. The Morgan fingerprint density at radius 3 is 3.18 bits per heavy atom. The van der Waals surface area contributed by atoms with Gasteiger partial charge in [-0.3, -0.25) is 4.40 Å².